The molecule has 0 aliphatic rings. The van der Waals surface area contributed by atoms with Crippen molar-refractivity contribution in [3.8, 4) is 0 Å². The molecule has 96 valence electrons. The van der Waals surface area contributed by atoms with Gasteiger partial charge in [0.1, 0.15) is 6.33 Å². The molecule has 1 atom stereocenters. The zero-order valence-electron chi connectivity index (χ0n) is 10.4. The molecule has 0 spiro atoms. The first-order chi connectivity index (χ1) is 8.79. The van der Waals surface area contributed by atoms with Gasteiger partial charge in [0, 0.05) is 6.20 Å². The first-order valence-electron chi connectivity index (χ1n) is 5.85. The fraction of sp³-hybridized carbons (Fsp3) is 0.455. The van der Waals surface area contributed by atoms with Crippen LogP contribution in [0.5, 0.6) is 0 Å². The Bertz CT molecular complexity index is 471. The Balaban J connectivity index is 1.91. The summed E-state index contributed by atoms with van der Waals surface area (Å²) < 4.78 is 5.48. The molecule has 0 aliphatic heterocycles. The van der Waals surface area contributed by atoms with Crippen LogP contribution in [-0.4, -0.2) is 26.7 Å². The minimum Gasteiger partial charge on any atom is -0.406 e. The monoisotopic (exact) mass is 248 g/mol. The first-order valence-corrected chi connectivity index (χ1v) is 5.85. The van der Waals surface area contributed by atoms with Crippen LogP contribution in [0.3, 0.4) is 0 Å². The molecular formula is C11H16N6O. The Hall–Kier alpha value is -2.02. The molecule has 7 nitrogen and oxygen atoms in total. The summed E-state index contributed by atoms with van der Waals surface area (Å²) in [6.45, 7) is 5.39. The summed E-state index contributed by atoms with van der Waals surface area (Å²) in [4.78, 5) is 7.94. The number of nitrogens with one attached hydrogen (secondary N) is 2. The molecule has 1 unspecified atom stereocenters. The van der Waals surface area contributed by atoms with Gasteiger partial charge in [-0.15, -0.1) is 5.10 Å². The lowest BCUT2D eigenvalue weighted by Crippen LogP contribution is -2.17. The van der Waals surface area contributed by atoms with E-state index >= 15 is 0 Å². The number of nitrogens with zero attached hydrogens (tertiary/aromatic N) is 4. The summed E-state index contributed by atoms with van der Waals surface area (Å²) in [5.74, 6) is 0.571. The molecule has 0 radical (unpaired) electrons. The summed E-state index contributed by atoms with van der Waals surface area (Å²) in [5, 5.41) is 14.1. The lowest BCUT2D eigenvalue weighted by atomic mass is 10.3. The predicted octanol–water partition coefficient (Wildman–Crippen LogP) is 1.14. The lowest BCUT2D eigenvalue weighted by molar-refractivity contribution is 0.428. The lowest BCUT2D eigenvalue weighted by Gasteiger charge is -2.05. The molecule has 2 aromatic rings. The molecule has 0 saturated carbocycles. The van der Waals surface area contributed by atoms with E-state index in [2.05, 4.69) is 30.8 Å². The molecule has 0 saturated heterocycles. The third-order valence-electron chi connectivity index (χ3n) is 2.39. The molecule has 0 amide bonds. The van der Waals surface area contributed by atoms with Crippen molar-refractivity contribution < 1.29 is 4.42 Å². The van der Waals surface area contributed by atoms with Gasteiger partial charge in [0.25, 0.3) is 0 Å². The summed E-state index contributed by atoms with van der Waals surface area (Å²) in [5.41, 5.74) is 0.865. The van der Waals surface area contributed by atoms with E-state index in [9.17, 15) is 0 Å². The van der Waals surface area contributed by atoms with Crippen LogP contribution in [0.4, 0.5) is 6.01 Å². The number of hydrogen-bond donors (Lipinski definition) is 2. The third kappa shape index (κ3) is 3.24. The minimum absolute atomic E-state index is 0.0529. The van der Waals surface area contributed by atoms with Crippen LogP contribution < -0.4 is 10.6 Å². The second-order valence-electron chi connectivity index (χ2n) is 3.78. The van der Waals surface area contributed by atoms with Crippen molar-refractivity contribution in [3.63, 3.8) is 0 Å². The maximum Gasteiger partial charge on any atom is 0.315 e. The predicted molar refractivity (Wildman–Crippen MR) is 65.7 cm³/mol. The first kappa shape index (κ1) is 12.4. The van der Waals surface area contributed by atoms with Gasteiger partial charge in [0.15, 0.2) is 0 Å². The average molecular weight is 248 g/mol. The fourth-order valence-corrected chi connectivity index (χ4v) is 1.46. The molecule has 2 rings (SSSR count). The largest absolute Gasteiger partial charge is 0.406 e. The molecule has 2 heterocycles. The highest BCUT2D eigenvalue weighted by molar-refractivity contribution is 5.19. The third-order valence-corrected chi connectivity index (χ3v) is 2.39. The van der Waals surface area contributed by atoms with E-state index in [1.54, 1.807) is 6.20 Å². The van der Waals surface area contributed by atoms with Crippen molar-refractivity contribution in [1.29, 1.82) is 0 Å². The van der Waals surface area contributed by atoms with E-state index in [-0.39, 0.29) is 6.04 Å². The smallest absolute Gasteiger partial charge is 0.315 e. The quantitative estimate of drug-likeness (QED) is 0.792. The van der Waals surface area contributed by atoms with Crippen LogP contribution in [-0.2, 0) is 6.54 Å². The van der Waals surface area contributed by atoms with Crippen LogP contribution in [0.25, 0.3) is 0 Å². The summed E-state index contributed by atoms with van der Waals surface area (Å²) in [7, 11) is 0. The van der Waals surface area contributed by atoms with Gasteiger partial charge >= 0.3 is 6.01 Å². The zero-order valence-corrected chi connectivity index (χ0v) is 10.4. The zero-order chi connectivity index (χ0) is 12.8. The van der Waals surface area contributed by atoms with Gasteiger partial charge in [0.2, 0.25) is 5.89 Å². The van der Waals surface area contributed by atoms with Crippen molar-refractivity contribution in [2.45, 2.75) is 26.4 Å². The fourth-order valence-electron chi connectivity index (χ4n) is 1.46. The Morgan fingerprint density at radius 1 is 1.39 bits per heavy atom. The van der Waals surface area contributed by atoms with E-state index < -0.39 is 0 Å². The molecule has 7 heteroatoms. The number of hydrogen-bond acceptors (Lipinski definition) is 7. The van der Waals surface area contributed by atoms with Crippen molar-refractivity contribution in [3.05, 3.63) is 30.2 Å². The van der Waals surface area contributed by atoms with Crippen LogP contribution in [0.1, 0.15) is 31.5 Å². The highest BCUT2D eigenvalue weighted by atomic mass is 16.4. The highest BCUT2D eigenvalue weighted by Gasteiger charge is 2.12. The summed E-state index contributed by atoms with van der Waals surface area (Å²) >= 11 is 0. The Kier molecular flexibility index (Phi) is 4.19. The molecule has 0 aliphatic carbocycles. The van der Waals surface area contributed by atoms with Gasteiger partial charge in [-0.1, -0.05) is 12.0 Å². The van der Waals surface area contributed by atoms with Crippen molar-refractivity contribution >= 4 is 6.01 Å². The van der Waals surface area contributed by atoms with Gasteiger partial charge < -0.3 is 15.1 Å². The average Bonchev–Trinajstić information content (AvgIpc) is 2.87. The van der Waals surface area contributed by atoms with Gasteiger partial charge in [-0.2, -0.15) is 0 Å². The van der Waals surface area contributed by atoms with Crippen molar-refractivity contribution in [2.75, 3.05) is 11.9 Å². The van der Waals surface area contributed by atoms with Crippen LogP contribution in [0, 0.1) is 0 Å². The number of aromatic nitrogens is 4. The Morgan fingerprint density at radius 2 is 2.28 bits per heavy atom. The number of rotatable bonds is 6. The summed E-state index contributed by atoms with van der Waals surface area (Å²) in [6, 6.07) is 2.27. The maximum absolute atomic E-state index is 5.48. The van der Waals surface area contributed by atoms with Crippen molar-refractivity contribution in [1.82, 2.24) is 25.5 Å². The Morgan fingerprint density at radius 3 is 3.00 bits per heavy atom. The van der Waals surface area contributed by atoms with Gasteiger partial charge in [-0.05, 0) is 19.5 Å². The van der Waals surface area contributed by atoms with Crippen LogP contribution in [0.2, 0.25) is 0 Å². The van der Waals surface area contributed by atoms with Gasteiger partial charge in [0.05, 0.1) is 18.3 Å². The molecule has 2 N–H and O–H groups in total. The van der Waals surface area contributed by atoms with Crippen LogP contribution in [0.15, 0.2) is 23.0 Å². The summed E-state index contributed by atoms with van der Waals surface area (Å²) in [6.07, 6.45) is 3.19. The normalized spacial score (nSPS) is 12.3. The van der Waals surface area contributed by atoms with E-state index in [4.69, 9.17) is 4.42 Å². The van der Waals surface area contributed by atoms with Crippen molar-refractivity contribution in [2.24, 2.45) is 0 Å². The molecule has 18 heavy (non-hydrogen) atoms. The Labute approximate surface area is 105 Å². The topological polar surface area (TPSA) is 88.8 Å². The van der Waals surface area contributed by atoms with E-state index in [1.807, 2.05) is 19.9 Å². The molecule has 0 aromatic carbocycles. The maximum atomic E-state index is 5.48. The molecule has 0 bridgehead atoms. The second kappa shape index (κ2) is 6.06. The highest BCUT2D eigenvalue weighted by Crippen LogP contribution is 2.13. The standard InChI is InChI=1S/C11H16N6O/c1-3-13-8(2)10-16-17-11(18-10)14-6-9-4-5-12-7-15-9/h4-5,7-8,13H,3,6H2,1-2H3,(H,14,17). The SMILES string of the molecule is CCNC(C)c1nnc(NCc2ccncn2)o1. The van der Waals surface area contributed by atoms with Crippen LogP contribution >= 0.6 is 0 Å². The molecular weight excluding hydrogens is 232 g/mol. The van der Waals surface area contributed by atoms with Gasteiger partial charge in [-0.25, -0.2) is 9.97 Å². The minimum atomic E-state index is 0.0529. The van der Waals surface area contributed by atoms with Gasteiger partial charge in [-0.3, -0.25) is 0 Å². The number of anilines is 1. The van der Waals surface area contributed by atoms with E-state index in [0.29, 0.717) is 18.5 Å². The second-order valence-corrected chi connectivity index (χ2v) is 3.78. The van der Waals surface area contributed by atoms with E-state index in [1.165, 1.54) is 6.33 Å². The molecule has 2 aromatic heterocycles. The van der Waals surface area contributed by atoms with E-state index in [0.717, 1.165) is 12.2 Å². The molecule has 0 fully saturated rings.